The van der Waals surface area contributed by atoms with Crippen LogP contribution in [0.5, 0.6) is 0 Å². The third kappa shape index (κ3) is 3.59. The molecule has 1 aliphatic rings. The van der Waals surface area contributed by atoms with E-state index in [1.54, 1.807) is 6.20 Å². The number of carbonyl (C=O) groups is 2. The second-order valence-electron chi connectivity index (χ2n) is 5.92. The topological polar surface area (TPSA) is 76.0 Å². The molecular formula is C17H20N4O2. The molecule has 6 nitrogen and oxygen atoms in total. The molecule has 3 rings (SSSR count). The van der Waals surface area contributed by atoms with E-state index in [4.69, 9.17) is 0 Å². The predicted octanol–water partition coefficient (Wildman–Crippen LogP) is 1.99. The van der Waals surface area contributed by atoms with Gasteiger partial charge in [0.2, 0.25) is 11.8 Å². The van der Waals surface area contributed by atoms with Gasteiger partial charge in [-0.2, -0.15) is 0 Å². The van der Waals surface area contributed by atoms with Gasteiger partial charge in [0.05, 0.1) is 0 Å². The van der Waals surface area contributed by atoms with Crippen molar-refractivity contribution in [3.8, 4) is 0 Å². The molecule has 1 aromatic heterocycles. The van der Waals surface area contributed by atoms with E-state index in [2.05, 4.69) is 15.6 Å². The lowest BCUT2D eigenvalue weighted by Gasteiger charge is -2.19. The molecule has 6 heteroatoms. The summed E-state index contributed by atoms with van der Waals surface area (Å²) in [6, 6.07) is 7.16. The minimum absolute atomic E-state index is 0.0731. The summed E-state index contributed by atoms with van der Waals surface area (Å²) in [6.45, 7) is 1.47. The smallest absolute Gasteiger partial charge is 0.223 e. The van der Waals surface area contributed by atoms with Gasteiger partial charge in [0, 0.05) is 38.0 Å². The zero-order chi connectivity index (χ0) is 16.4. The third-order valence-corrected chi connectivity index (χ3v) is 3.92. The fourth-order valence-corrected chi connectivity index (χ4v) is 2.52. The standard InChI is InChI=1S/C17H20N4O2/c1-11(22)19-14-7-5-12(6-8-14)15(16-18-9-10-21(16)2)20-17(23)13-3-4-13/h5-10,13,15H,3-4H2,1-2H3,(H,19,22)(H,20,23). The Balaban J connectivity index is 1.86. The minimum Gasteiger partial charge on any atom is -0.342 e. The Hall–Kier alpha value is -2.63. The number of imidazole rings is 1. The second kappa shape index (κ2) is 6.24. The van der Waals surface area contributed by atoms with E-state index in [1.165, 1.54) is 6.92 Å². The number of hydrogen-bond donors (Lipinski definition) is 2. The van der Waals surface area contributed by atoms with E-state index in [-0.39, 0.29) is 23.8 Å². The van der Waals surface area contributed by atoms with Crippen molar-refractivity contribution in [3.05, 3.63) is 48.0 Å². The van der Waals surface area contributed by atoms with Crippen molar-refractivity contribution < 1.29 is 9.59 Å². The molecule has 1 aliphatic carbocycles. The maximum atomic E-state index is 12.2. The van der Waals surface area contributed by atoms with Gasteiger partial charge in [-0.15, -0.1) is 0 Å². The summed E-state index contributed by atoms with van der Waals surface area (Å²) in [5.41, 5.74) is 1.66. The van der Waals surface area contributed by atoms with Crippen LogP contribution in [0.1, 0.15) is 37.2 Å². The van der Waals surface area contributed by atoms with Crippen LogP contribution in [0.3, 0.4) is 0 Å². The van der Waals surface area contributed by atoms with Gasteiger partial charge >= 0.3 is 0 Å². The number of hydrogen-bond acceptors (Lipinski definition) is 3. The summed E-state index contributed by atoms with van der Waals surface area (Å²) in [5, 5.41) is 5.83. The maximum Gasteiger partial charge on any atom is 0.223 e. The number of benzene rings is 1. The van der Waals surface area contributed by atoms with Crippen molar-refractivity contribution in [1.29, 1.82) is 0 Å². The van der Waals surface area contributed by atoms with E-state index in [0.717, 1.165) is 29.9 Å². The zero-order valence-electron chi connectivity index (χ0n) is 13.2. The van der Waals surface area contributed by atoms with Crippen molar-refractivity contribution in [2.75, 3.05) is 5.32 Å². The van der Waals surface area contributed by atoms with Crippen LogP contribution >= 0.6 is 0 Å². The SMILES string of the molecule is CC(=O)Nc1ccc(C(NC(=O)C2CC2)c2nccn2C)cc1. The molecular weight excluding hydrogens is 292 g/mol. The fourth-order valence-electron chi connectivity index (χ4n) is 2.52. The number of aromatic nitrogens is 2. The van der Waals surface area contributed by atoms with Crippen molar-refractivity contribution in [1.82, 2.24) is 14.9 Å². The summed E-state index contributed by atoms with van der Waals surface area (Å²) in [7, 11) is 1.91. The van der Waals surface area contributed by atoms with Gasteiger partial charge in [-0.3, -0.25) is 9.59 Å². The van der Waals surface area contributed by atoms with Crippen LogP contribution in [0, 0.1) is 5.92 Å². The monoisotopic (exact) mass is 312 g/mol. The van der Waals surface area contributed by atoms with Gasteiger partial charge < -0.3 is 15.2 Å². The van der Waals surface area contributed by atoms with E-state index in [1.807, 2.05) is 42.1 Å². The largest absolute Gasteiger partial charge is 0.342 e. The molecule has 1 saturated carbocycles. The Morgan fingerprint density at radius 2 is 1.96 bits per heavy atom. The van der Waals surface area contributed by atoms with Crippen molar-refractivity contribution in [3.63, 3.8) is 0 Å². The lowest BCUT2D eigenvalue weighted by molar-refractivity contribution is -0.122. The van der Waals surface area contributed by atoms with Crippen molar-refractivity contribution in [2.45, 2.75) is 25.8 Å². The minimum atomic E-state index is -0.297. The van der Waals surface area contributed by atoms with Crippen LogP contribution in [-0.4, -0.2) is 21.4 Å². The van der Waals surface area contributed by atoms with Gasteiger partial charge in [-0.25, -0.2) is 4.98 Å². The zero-order valence-corrected chi connectivity index (χ0v) is 13.2. The molecule has 1 unspecified atom stereocenters. The van der Waals surface area contributed by atoms with Crippen molar-refractivity contribution in [2.24, 2.45) is 13.0 Å². The Bertz CT molecular complexity index is 716. The number of nitrogens with zero attached hydrogens (tertiary/aromatic N) is 2. The summed E-state index contributed by atoms with van der Waals surface area (Å²) in [4.78, 5) is 27.7. The average Bonchev–Trinajstić information content (AvgIpc) is 3.28. The van der Waals surface area contributed by atoms with E-state index >= 15 is 0 Å². The molecule has 2 aromatic rings. The lowest BCUT2D eigenvalue weighted by atomic mass is 10.0. The van der Waals surface area contributed by atoms with Gasteiger partial charge in [0.25, 0.3) is 0 Å². The molecule has 0 aliphatic heterocycles. The summed E-state index contributed by atoms with van der Waals surface area (Å²) >= 11 is 0. The molecule has 0 saturated heterocycles. The quantitative estimate of drug-likeness (QED) is 0.886. The van der Waals surface area contributed by atoms with E-state index in [0.29, 0.717) is 0 Å². The molecule has 1 heterocycles. The highest BCUT2D eigenvalue weighted by molar-refractivity contribution is 5.88. The first kappa shape index (κ1) is 15.3. The van der Waals surface area contributed by atoms with Gasteiger partial charge in [0.15, 0.2) is 0 Å². The maximum absolute atomic E-state index is 12.2. The predicted molar refractivity (Wildman–Crippen MR) is 86.7 cm³/mol. The normalized spacial score (nSPS) is 15.0. The molecule has 0 spiro atoms. The second-order valence-corrected chi connectivity index (χ2v) is 5.92. The lowest BCUT2D eigenvalue weighted by Crippen LogP contribution is -2.32. The van der Waals surface area contributed by atoms with Gasteiger partial charge in [-0.1, -0.05) is 12.1 Å². The number of aryl methyl sites for hydroxylation is 1. The van der Waals surface area contributed by atoms with Crippen LogP contribution in [-0.2, 0) is 16.6 Å². The molecule has 23 heavy (non-hydrogen) atoms. The third-order valence-electron chi connectivity index (χ3n) is 3.92. The molecule has 0 radical (unpaired) electrons. The Labute approximate surface area is 134 Å². The first-order valence-corrected chi connectivity index (χ1v) is 7.69. The molecule has 2 amide bonds. The highest BCUT2D eigenvalue weighted by Crippen LogP contribution is 2.31. The van der Waals surface area contributed by atoms with E-state index in [9.17, 15) is 9.59 Å². The number of amides is 2. The van der Waals surface area contributed by atoms with Crippen LogP contribution < -0.4 is 10.6 Å². The number of anilines is 1. The molecule has 0 bridgehead atoms. The number of rotatable bonds is 5. The first-order chi connectivity index (χ1) is 11.0. The van der Waals surface area contributed by atoms with Gasteiger partial charge in [0.1, 0.15) is 11.9 Å². The first-order valence-electron chi connectivity index (χ1n) is 7.69. The summed E-state index contributed by atoms with van der Waals surface area (Å²) in [5.74, 6) is 0.882. The molecule has 1 atom stereocenters. The summed E-state index contributed by atoms with van der Waals surface area (Å²) in [6.07, 6.45) is 5.50. The van der Waals surface area contributed by atoms with Crippen LogP contribution in [0.2, 0.25) is 0 Å². The molecule has 120 valence electrons. The molecule has 1 fully saturated rings. The van der Waals surface area contributed by atoms with Crippen LogP contribution in [0.25, 0.3) is 0 Å². The number of nitrogens with one attached hydrogen (secondary N) is 2. The number of carbonyl (C=O) groups excluding carboxylic acids is 2. The molecule has 2 N–H and O–H groups in total. The van der Waals surface area contributed by atoms with Crippen molar-refractivity contribution >= 4 is 17.5 Å². The average molecular weight is 312 g/mol. The van der Waals surface area contributed by atoms with Crippen LogP contribution in [0.4, 0.5) is 5.69 Å². The highest BCUT2D eigenvalue weighted by atomic mass is 16.2. The van der Waals surface area contributed by atoms with Crippen LogP contribution in [0.15, 0.2) is 36.7 Å². The van der Waals surface area contributed by atoms with Gasteiger partial charge in [-0.05, 0) is 30.5 Å². The Morgan fingerprint density at radius 1 is 1.26 bits per heavy atom. The highest BCUT2D eigenvalue weighted by Gasteiger charge is 2.32. The Kier molecular flexibility index (Phi) is 4.14. The molecule has 1 aromatic carbocycles. The fraction of sp³-hybridized carbons (Fsp3) is 0.353. The summed E-state index contributed by atoms with van der Waals surface area (Å²) < 4.78 is 1.90. The van der Waals surface area contributed by atoms with E-state index < -0.39 is 0 Å². The Morgan fingerprint density at radius 3 is 2.48 bits per heavy atom.